The van der Waals surface area contributed by atoms with Crippen LogP contribution < -0.4 is 5.32 Å². The zero-order valence-corrected chi connectivity index (χ0v) is 15.1. The van der Waals surface area contributed by atoms with Crippen LogP contribution in [0.15, 0.2) is 53.1 Å². The van der Waals surface area contributed by atoms with Gasteiger partial charge in [0.05, 0.1) is 0 Å². The van der Waals surface area contributed by atoms with E-state index in [1.54, 1.807) is 18.2 Å². The molecule has 0 fully saturated rings. The van der Waals surface area contributed by atoms with Crippen molar-refractivity contribution in [3.8, 4) is 11.4 Å². The van der Waals surface area contributed by atoms with Gasteiger partial charge >= 0.3 is 5.97 Å². The zero-order chi connectivity index (χ0) is 19.2. The summed E-state index contributed by atoms with van der Waals surface area (Å²) < 4.78 is 10.2. The molecule has 1 heterocycles. The Bertz CT molecular complexity index is 965. The Kier molecular flexibility index (Phi) is 5.61. The van der Waals surface area contributed by atoms with Gasteiger partial charge in [0, 0.05) is 11.1 Å². The maximum absolute atomic E-state index is 12.0. The number of carbonyl (C=O) groups excluding carboxylic acids is 2. The highest BCUT2D eigenvalue weighted by Gasteiger charge is 2.13. The second-order valence-corrected chi connectivity index (χ2v) is 6.04. The summed E-state index contributed by atoms with van der Waals surface area (Å²) in [6.45, 7) is 3.44. The van der Waals surface area contributed by atoms with Crippen LogP contribution in [0.25, 0.3) is 11.4 Å². The minimum Gasteiger partial charge on any atom is -0.454 e. The second-order valence-electron chi connectivity index (χ2n) is 6.04. The Morgan fingerprint density at radius 3 is 2.70 bits per heavy atom. The first kappa shape index (κ1) is 18.3. The molecule has 0 aliphatic heterocycles. The van der Waals surface area contributed by atoms with Gasteiger partial charge in [0.1, 0.15) is 6.54 Å². The first-order valence-electron chi connectivity index (χ1n) is 8.42. The third kappa shape index (κ3) is 4.78. The van der Waals surface area contributed by atoms with Crippen LogP contribution in [-0.2, 0) is 16.1 Å². The Balaban J connectivity index is 1.50. The molecule has 27 heavy (non-hydrogen) atoms. The second kappa shape index (κ2) is 8.27. The number of nitrogens with zero attached hydrogens (tertiary/aromatic N) is 2. The SMILES string of the molecule is Cc1cccc(C(=O)NCC(=O)OCc2nc(-c3ccccc3C)no2)c1. The summed E-state index contributed by atoms with van der Waals surface area (Å²) >= 11 is 0. The number of ether oxygens (including phenoxy) is 1. The van der Waals surface area contributed by atoms with Gasteiger partial charge in [0.15, 0.2) is 6.61 Å². The van der Waals surface area contributed by atoms with Crippen molar-refractivity contribution in [3.63, 3.8) is 0 Å². The third-order valence-electron chi connectivity index (χ3n) is 3.88. The molecule has 1 aromatic heterocycles. The summed E-state index contributed by atoms with van der Waals surface area (Å²) in [6, 6.07) is 14.7. The first-order chi connectivity index (χ1) is 13.0. The molecule has 0 bridgehead atoms. The standard InChI is InChI=1S/C20H19N3O4/c1-13-6-5-8-15(10-13)20(25)21-11-18(24)26-12-17-22-19(23-27-17)16-9-4-3-7-14(16)2/h3-10H,11-12H2,1-2H3,(H,21,25). The number of hydrogen-bond acceptors (Lipinski definition) is 6. The lowest BCUT2D eigenvalue weighted by molar-refractivity contribution is -0.144. The van der Waals surface area contributed by atoms with Gasteiger partial charge in [0.2, 0.25) is 5.82 Å². The molecule has 0 aliphatic carbocycles. The maximum Gasteiger partial charge on any atom is 0.325 e. The van der Waals surface area contributed by atoms with Crippen molar-refractivity contribution in [1.29, 1.82) is 0 Å². The van der Waals surface area contributed by atoms with Crippen LogP contribution in [0.1, 0.15) is 27.4 Å². The number of esters is 1. The van der Waals surface area contributed by atoms with Gasteiger partial charge in [0.25, 0.3) is 11.8 Å². The van der Waals surface area contributed by atoms with E-state index in [0.717, 1.165) is 16.7 Å². The smallest absolute Gasteiger partial charge is 0.325 e. The Morgan fingerprint density at radius 1 is 1.11 bits per heavy atom. The summed E-state index contributed by atoms with van der Waals surface area (Å²) in [6.07, 6.45) is 0. The van der Waals surface area contributed by atoms with Gasteiger partial charge in [-0.3, -0.25) is 9.59 Å². The first-order valence-corrected chi connectivity index (χ1v) is 8.42. The Hall–Kier alpha value is -3.48. The van der Waals surface area contributed by atoms with Gasteiger partial charge < -0.3 is 14.6 Å². The molecule has 0 unspecified atom stereocenters. The van der Waals surface area contributed by atoms with Crippen LogP contribution in [0.4, 0.5) is 0 Å². The fraction of sp³-hybridized carbons (Fsp3) is 0.200. The van der Waals surface area contributed by atoms with Gasteiger partial charge in [-0.2, -0.15) is 4.98 Å². The predicted molar refractivity (Wildman–Crippen MR) is 97.8 cm³/mol. The van der Waals surface area contributed by atoms with Crippen LogP contribution in [0.2, 0.25) is 0 Å². The lowest BCUT2D eigenvalue weighted by atomic mass is 10.1. The average Bonchev–Trinajstić information content (AvgIpc) is 3.13. The number of carbonyl (C=O) groups is 2. The van der Waals surface area contributed by atoms with Crippen molar-refractivity contribution in [1.82, 2.24) is 15.5 Å². The average molecular weight is 365 g/mol. The van der Waals surface area contributed by atoms with Crippen molar-refractivity contribution in [3.05, 3.63) is 71.1 Å². The van der Waals surface area contributed by atoms with E-state index in [0.29, 0.717) is 11.4 Å². The Labute approximate surface area is 156 Å². The molecule has 7 heteroatoms. The molecule has 1 N–H and O–H groups in total. The summed E-state index contributed by atoms with van der Waals surface area (Å²) in [5.74, 6) is -0.305. The molecule has 3 rings (SSSR count). The van der Waals surface area contributed by atoms with Crippen molar-refractivity contribution in [2.45, 2.75) is 20.5 Å². The van der Waals surface area contributed by atoms with Gasteiger partial charge in [-0.1, -0.05) is 47.1 Å². The quantitative estimate of drug-likeness (QED) is 0.675. The van der Waals surface area contributed by atoms with E-state index >= 15 is 0 Å². The minimum absolute atomic E-state index is 0.155. The van der Waals surface area contributed by atoms with E-state index in [1.807, 2.05) is 44.2 Å². The third-order valence-corrected chi connectivity index (χ3v) is 3.88. The number of hydrogen-bond donors (Lipinski definition) is 1. The molecule has 1 amide bonds. The Morgan fingerprint density at radius 2 is 1.93 bits per heavy atom. The lowest BCUT2D eigenvalue weighted by Gasteiger charge is -2.05. The summed E-state index contributed by atoms with van der Waals surface area (Å²) in [5, 5.41) is 6.42. The van der Waals surface area contributed by atoms with Gasteiger partial charge in [-0.15, -0.1) is 0 Å². The number of rotatable bonds is 6. The molecule has 138 valence electrons. The minimum atomic E-state index is -0.591. The predicted octanol–water partition coefficient (Wildman–Crippen LogP) is 2.83. The number of aryl methyl sites for hydroxylation is 2. The molecule has 0 saturated carbocycles. The van der Waals surface area contributed by atoms with E-state index in [2.05, 4.69) is 15.5 Å². The summed E-state index contributed by atoms with van der Waals surface area (Å²) in [5.41, 5.74) is 3.32. The molecule has 3 aromatic rings. The number of amides is 1. The summed E-state index contributed by atoms with van der Waals surface area (Å²) in [7, 11) is 0. The highest BCUT2D eigenvalue weighted by atomic mass is 16.6. The van der Waals surface area contributed by atoms with E-state index in [1.165, 1.54) is 0 Å². The zero-order valence-electron chi connectivity index (χ0n) is 15.1. The summed E-state index contributed by atoms with van der Waals surface area (Å²) in [4.78, 5) is 28.1. The van der Waals surface area contributed by atoms with Crippen molar-refractivity contribution in [2.24, 2.45) is 0 Å². The molecule has 0 spiro atoms. The molecule has 0 radical (unpaired) electrons. The molecule has 2 aromatic carbocycles. The molecule has 0 aliphatic rings. The molecular formula is C20H19N3O4. The lowest BCUT2D eigenvalue weighted by Crippen LogP contribution is -2.30. The van der Waals surface area contributed by atoms with Crippen LogP contribution in [0, 0.1) is 13.8 Å². The van der Waals surface area contributed by atoms with Crippen LogP contribution in [0.3, 0.4) is 0 Å². The molecular weight excluding hydrogens is 346 g/mol. The molecule has 0 atom stereocenters. The van der Waals surface area contributed by atoms with E-state index in [4.69, 9.17) is 9.26 Å². The van der Waals surface area contributed by atoms with Crippen molar-refractivity contribution < 1.29 is 18.8 Å². The molecule has 0 saturated heterocycles. The molecule has 7 nitrogen and oxygen atoms in total. The van der Waals surface area contributed by atoms with E-state index < -0.39 is 5.97 Å². The fourth-order valence-electron chi connectivity index (χ4n) is 2.48. The van der Waals surface area contributed by atoms with Crippen LogP contribution in [0.5, 0.6) is 0 Å². The van der Waals surface area contributed by atoms with Crippen LogP contribution >= 0.6 is 0 Å². The van der Waals surface area contributed by atoms with Crippen molar-refractivity contribution in [2.75, 3.05) is 6.54 Å². The fourth-order valence-corrected chi connectivity index (χ4v) is 2.48. The van der Waals surface area contributed by atoms with E-state index in [-0.39, 0.29) is 24.9 Å². The topological polar surface area (TPSA) is 94.3 Å². The number of benzene rings is 2. The van der Waals surface area contributed by atoms with E-state index in [9.17, 15) is 9.59 Å². The largest absolute Gasteiger partial charge is 0.454 e. The highest BCUT2D eigenvalue weighted by molar-refractivity contribution is 5.96. The normalized spacial score (nSPS) is 10.4. The monoisotopic (exact) mass is 365 g/mol. The maximum atomic E-state index is 12.0. The number of aromatic nitrogens is 2. The van der Waals surface area contributed by atoms with Crippen LogP contribution in [-0.4, -0.2) is 28.6 Å². The van der Waals surface area contributed by atoms with Gasteiger partial charge in [-0.25, -0.2) is 0 Å². The van der Waals surface area contributed by atoms with Gasteiger partial charge in [-0.05, 0) is 31.5 Å². The highest BCUT2D eigenvalue weighted by Crippen LogP contribution is 2.19. The number of nitrogens with one attached hydrogen (secondary N) is 1. The van der Waals surface area contributed by atoms with Crippen molar-refractivity contribution >= 4 is 11.9 Å².